The van der Waals surface area contributed by atoms with Gasteiger partial charge >= 0.3 is 0 Å². The molecule has 0 aliphatic carbocycles. The first kappa shape index (κ1) is 19.5. The Bertz CT molecular complexity index is 528. The Morgan fingerprint density at radius 3 is 2.72 bits per heavy atom. The molecule has 0 unspecified atom stereocenters. The molecule has 1 aromatic carbocycles. The van der Waals surface area contributed by atoms with E-state index in [1.54, 1.807) is 0 Å². The summed E-state index contributed by atoms with van der Waals surface area (Å²) in [5, 5.41) is 3.34. The Morgan fingerprint density at radius 1 is 1.12 bits per heavy atom. The molecule has 5 heteroatoms. The number of benzene rings is 1. The molecule has 2 rings (SSSR count). The van der Waals surface area contributed by atoms with Crippen LogP contribution < -0.4 is 10.1 Å². The summed E-state index contributed by atoms with van der Waals surface area (Å²) in [7, 11) is 0. The molecule has 1 aliphatic heterocycles. The van der Waals surface area contributed by atoms with E-state index >= 15 is 0 Å². The van der Waals surface area contributed by atoms with Gasteiger partial charge in [-0.25, -0.2) is 0 Å². The van der Waals surface area contributed by atoms with Crippen LogP contribution in [0.25, 0.3) is 0 Å². The maximum Gasteiger partial charge on any atom is 0.155 e. The fourth-order valence-corrected chi connectivity index (χ4v) is 2.60. The third-order valence-corrected chi connectivity index (χ3v) is 3.98. The number of hydrogen-bond acceptors (Lipinski definition) is 5. The molecule has 138 valence electrons. The van der Waals surface area contributed by atoms with E-state index in [9.17, 15) is 4.79 Å². The maximum absolute atomic E-state index is 11.4. The largest absolute Gasteiger partial charge is 0.491 e. The Balaban J connectivity index is 1.57. The number of unbranched alkanes of at least 4 members (excludes halogenated alkanes) is 1. The van der Waals surface area contributed by atoms with Crippen LogP contribution in [0.15, 0.2) is 36.5 Å². The average molecular weight is 346 g/mol. The molecule has 0 saturated carbocycles. The molecular weight excluding hydrogens is 316 g/mol. The second-order valence-corrected chi connectivity index (χ2v) is 6.24. The van der Waals surface area contributed by atoms with Gasteiger partial charge in [-0.1, -0.05) is 31.6 Å². The van der Waals surface area contributed by atoms with Crippen molar-refractivity contribution in [1.82, 2.24) is 10.2 Å². The van der Waals surface area contributed by atoms with Gasteiger partial charge in [-0.15, -0.1) is 0 Å². The van der Waals surface area contributed by atoms with Gasteiger partial charge < -0.3 is 19.7 Å². The highest BCUT2D eigenvalue weighted by atomic mass is 16.5. The standard InChI is InChI=1S/C20H30N2O3/c1-2-3-10-21-11-13-24-14-15-25-20-8-6-18(7-9-20)16-22-12-4-5-19(23)17-22/h4,6-9,12,21H,2-3,5,10-11,13-17H2,1H3. The van der Waals surface area contributed by atoms with Crippen molar-refractivity contribution in [1.29, 1.82) is 0 Å². The number of hydrogen-bond donors (Lipinski definition) is 1. The van der Waals surface area contributed by atoms with Crippen LogP contribution in [-0.2, 0) is 16.1 Å². The summed E-state index contributed by atoms with van der Waals surface area (Å²) < 4.78 is 11.2. The van der Waals surface area contributed by atoms with Crippen LogP contribution in [0.1, 0.15) is 31.7 Å². The normalized spacial score (nSPS) is 14.1. The number of carbonyl (C=O) groups excluding carboxylic acids is 1. The van der Waals surface area contributed by atoms with Gasteiger partial charge in [0.15, 0.2) is 5.78 Å². The molecule has 0 radical (unpaired) electrons. The number of nitrogens with one attached hydrogen (secondary N) is 1. The highest BCUT2D eigenvalue weighted by molar-refractivity contribution is 5.82. The molecule has 1 heterocycles. The summed E-state index contributed by atoms with van der Waals surface area (Å²) in [6.07, 6.45) is 6.90. The van der Waals surface area contributed by atoms with Gasteiger partial charge in [-0.3, -0.25) is 4.79 Å². The lowest BCUT2D eigenvalue weighted by Gasteiger charge is -2.22. The van der Waals surface area contributed by atoms with E-state index < -0.39 is 0 Å². The van der Waals surface area contributed by atoms with Crippen molar-refractivity contribution in [3.05, 3.63) is 42.1 Å². The topological polar surface area (TPSA) is 50.8 Å². The summed E-state index contributed by atoms with van der Waals surface area (Å²) in [5.41, 5.74) is 1.17. The fourth-order valence-electron chi connectivity index (χ4n) is 2.60. The first-order chi connectivity index (χ1) is 12.3. The molecule has 25 heavy (non-hydrogen) atoms. The molecule has 0 saturated heterocycles. The molecule has 0 spiro atoms. The summed E-state index contributed by atoms with van der Waals surface area (Å²) in [5.74, 6) is 1.11. The van der Waals surface area contributed by atoms with Crippen molar-refractivity contribution in [2.24, 2.45) is 0 Å². The number of ether oxygens (including phenoxy) is 2. The molecule has 1 N–H and O–H groups in total. The minimum atomic E-state index is 0.267. The van der Waals surface area contributed by atoms with E-state index in [2.05, 4.69) is 12.2 Å². The Hall–Kier alpha value is -1.85. The van der Waals surface area contributed by atoms with Crippen molar-refractivity contribution < 1.29 is 14.3 Å². The van der Waals surface area contributed by atoms with Gasteiger partial charge in [0.2, 0.25) is 0 Å². The number of carbonyl (C=O) groups is 1. The maximum atomic E-state index is 11.4. The summed E-state index contributed by atoms with van der Waals surface area (Å²) in [4.78, 5) is 13.5. The lowest BCUT2D eigenvalue weighted by atomic mass is 10.1. The van der Waals surface area contributed by atoms with Crippen LogP contribution >= 0.6 is 0 Å². The predicted octanol–water partition coefficient (Wildman–Crippen LogP) is 2.76. The van der Waals surface area contributed by atoms with E-state index in [4.69, 9.17) is 9.47 Å². The Morgan fingerprint density at radius 2 is 1.96 bits per heavy atom. The summed E-state index contributed by atoms with van der Waals surface area (Å²) in [6.45, 7) is 7.25. The molecule has 0 aromatic heterocycles. The van der Waals surface area contributed by atoms with Crippen molar-refractivity contribution in [2.75, 3.05) is 39.5 Å². The molecule has 5 nitrogen and oxygen atoms in total. The summed E-state index contributed by atoms with van der Waals surface area (Å²) >= 11 is 0. The van der Waals surface area contributed by atoms with E-state index in [-0.39, 0.29) is 5.78 Å². The Kier molecular flexibility index (Phi) is 9.08. The average Bonchev–Trinajstić information content (AvgIpc) is 2.62. The molecule has 0 bridgehead atoms. The fraction of sp³-hybridized carbons (Fsp3) is 0.550. The molecule has 1 aliphatic rings. The minimum absolute atomic E-state index is 0.267. The molecule has 0 atom stereocenters. The van der Waals surface area contributed by atoms with Crippen LogP contribution in [0, 0.1) is 0 Å². The van der Waals surface area contributed by atoms with Gasteiger partial charge in [-0.05, 0) is 36.9 Å². The highest BCUT2D eigenvalue weighted by Crippen LogP contribution is 2.15. The zero-order valence-electron chi connectivity index (χ0n) is 15.2. The van der Waals surface area contributed by atoms with Crippen molar-refractivity contribution >= 4 is 5.78 Å². The zero-order valence-corrected chi connectivity index (χ0v) is 15.2. The number of ketones is 1. The van der Waals surface area contributed by atoms with E-state index in [1.165, 1.54) is 18.4 Å². The predicted molar refractivity (Wildman–Crippen MR) is 99.7 cm³/mol. The van der Waals surface area contributed by atoms with Gasteiger partial charge in [0.25, 0.3) is 0 Å². The van der Waals surface area contributed by atoms with E-state index in [1.807, 2.05) is 41.4 Å². The van der Waals surface area contributed by atoms with Crippen molar-refractivity contribution in [3.8, 4) is 5.75 Å². The van der Waals surface area contributed by atoms with Gasteiger partial charge in [-0.2, -0.15) is 0 Å². The van der Waals surface area contributed by atoms with Crippen LogP contribution in [0.2, 0.25) is 0 Å². The zero-order chi connectivity index (χ0) is 17.7. The minimum Gasteiger partial charge on any atom is -0.491 e. The monoisotopic (exact) mass is 346 g/mol. The second-order valence-electron chi connectivity index (χ2n) is 6.24. The van der Waals surface area contributed by atoms with Gasteiger partial charge in [0, 0.05) is 19.5 Å². The van der Waals surface area contributed by atoms with Crippen LogP contribution in [0.3, 0.4) is 0 Å². The first-order valence-corrected chi connectivity index (χ1v) is 9.20. The van der Waals surface area contributed by atoms with Gasteiger partial charge in [0.1, 0.15) is 12.4 Å². The lowest BCUT2D eigenvalue weighted by molar-refractivity contribution is -0.119. The lowest BCUT2D eigenvalue weighted by Crippen LogP contribution is -2.27. The van der Waals surface area contributed by atoms with Gasteiger partial charge in [0.05, 0.1) is 19.8 Å². The third-order valence-electron chi connectivity index (χ3n) is 3.98. The third kappa shape index (κ3) is 8.18. The smallest absolute Gasteiger partial charge is 0.155 e. The number of nitrogens with zero attached hydrogens (tertiary/aromatic N) is 1. The van der Waals surface area contributed by atoms with Crippen molar-refractivity contribution in [3.63, 3.8) is 0 Å². The second kappa shape index (κ2) is 11.7. The summed E-state index contributed by atoms with van der Waals surface area (Å²) in [6, 6.07) is 8.02. The van der Waals surface area contributed by atoms with Crippen LogP contribution in [0.4, 0.5) is 0 Å². The molecule has 0 fully saturated rings. The SMILES string of the molecule is CCCCNCCOCCOc1ccc(CN2C=CCC(=O)C2)cc1. The highest BCUT2D eigenvalue weighted by Gasteiger charge is 2.11. The quantitative estimate of drug-likeness (QED) is 0.590. The van der Waals surface area contributed by atoms with Crippen LogP contribution in [0.5, 0.6) is 5.75 Å². The number of Topliss-reactive ketones (excluding diaryl/α,β-unsaturated/α-hetero) is 1. The molecule has 1 aromatic rings. The number of rotatable bonds is 12. The van der Waals surface area contributed by atoms with Crippen molar-refractivity contribution in [2.45, 2.75) is 32.7 Å². The molecule has 0 amide bonds. The van der Waals surface area contributed by atoms with E-state index in [0.29, 0.717) is 32.8 Å². The molecular formula is C20H30N2O3. The first-order valence-electron chi connectivity index (χ1n) is 9.20. The Labute approximate surface area is 151 Å². The van der Waals surface area contributed by atoms with Crippen LogP contribution in [-0.4, -0.2) is 50.1 Å². The number of allylic oxidation sites excluding steroid dienone is 1. The van der Waals surface area contributed by atoms with E-state index in [0.717, 1.165) is 25.4 Å².